The maximum atomic E-state index is 12.7. The molecule has 98 valence electrons. The monoisotopic (exact) mass is 321 g/mol. The Hall–Kier alpha value is -1.04. The van der Waals surface area contributed by atoms with Crippen LogP contribution in [-0.2, 0) is 6.18 Å². The number of carbonyl (C=O) groups is 1. The van der Waals surface area contributed by atoms with Crippen LogP contribution in [0.3, 0.4) is 0 Å². The lowest BCUT2D eigenvalue weighted by Gasteiger charge is -2.12. The second-order valence-electron chi connectivity index (χ2n) is 4.32. The third-order valence-electron chi connectivity index (χ3n) is 2.80. The van der Waals surface area contributed by atoms with E-state index in [0.29, 0.717) is 12.5 Å². The van der Waals surface area contributed by atoms with Crippen LogP contribution in [0.2, 0.25) is 0 Å². The first kappa shape index (κ1) is 13.4. The zero-order valence-corrected chi connectivity index (χ0v) is 10.9. The Morgan fingerprint density at radius 1 is 1.39 bits per heavy atom. The average molecular weight is 322 g/mol. The fraction of sp³-hybridized carbons (Fsp3) is 0.417. The number of hydrogen-bond acceptors (Lipinski definition) is 1. The molecule has 1 aromatic rings. The summed E-state index contributed by atoms with van der Waals surface area (Å²) in [5.41, 5.74) is -0.813. The number of carbonyl (C=O) groups excluding carboxylic acids is 1. The number of alkyl halides is 3. The summed E-state index contributed by atoms with van der Waals surface area (Å²) in [6, 6.07) is 3.56. The number of amides is 1. The highest BCUT2D eigenvalue weighted by molar-refractivity contribution is 9.10. The van der Waals surface area contributed by atoms with Crippen LogP contribution in [0.15, 0.2) is 22.7 Å². The number of rotatable bonds is 3. The van der Waals surface area contributed by atoms with Crippen LogP contribution >= 0.6 is 15.9 Å². The zero-order valence-electron chi connectivity index (χ0n) is 9.35. The van der Waals surface area contributed by atoms with Gasteiger partial charge in [-0.3, -0.25) is 4.79 Å². The van der Waals surface area contributed by atoms with Crippen LogP contribution in [0.4, 0.5) is 13.2 Å². The molecule has 0 radical (unpaired) electrons. The number of halogens is 4. The predicted molar refractivity (Wildman–Crippen MR) is 64.2 cm³/mol. The van der Waals surface area contributed by atoms with Crippen molar-refractivity contribution in [3.05, 3.63) is 33.8 Å². The highest BCUT2D eigenvalue weighted by Crippen LogP contribution is 2.36. The molecule has 0 saturated heterocycles. The fourth-order valence-corrected chi connectivity index (χ4v) is 2.25. The maximum absolute atomic E-state index is 12.7. The van der Waals surface area contributed by atoms with Crippen molar-refractivity contribution in [2.24, 2.45) is 5.92 Å². The third-order valence-corrected chi connectivity index (χ3v) is 3.65. The Labute approximate surface area is 111 Å². The third kappa shape index (κ3) is 3.04. The molecule has 0 aliphatic heterocycles. The van der Waals surface area contributed by atoms with Gasteiger partial charge in [0.2, 0.25) is 0 Å². The molecule has 0 atom stereocenters. The lowest BCUT2D eigenvalue weighted by Crippen LogP contribution is -2.26. The molecule has 1 aliphatic carbocycles. The molecule has 18 heavy (non-hydrogen) atoms. The van der Waals surface area contributed by atoms with Gasteiger partial charge in [-0.2, -0.15) is 13.2 Å². The van der Waals surface area contributed by atoms with E-state index < -0.39 is 17.6 Å². The van der Waals surface area contributed by atoms with E-state index in [2.05, 4.69) is 21.2 Å². The lowest BCUT2D eigenvalue weighted by atomic mass is 10.1. The van der Waals surface area contributed by atoms with E-state index in [1.807, 2.05) is 0 Å². The molecule has 2 rings (SSSR count). The summed E-state index contributed by atoms with van der Waals surface area (Å²) in [6.45, 7) is 0.529. The van der Waals surface area contributed by atoms with Crippen LogP contribution in [0.25, 0.3) is 0 Å². The Morgan fingerprint density at radius 2 is 2.06 bits per heavy atom. The minimum absolute atomic E-state index is 0.0190. The fourth-order valence-electron chi connectivity index (χ4n) is 1.58. The van der Waals surface area contributed by atoms with Gasteiger partial charge in [-0.05, 0) is 46.8 Å². The molecule has 1 amide bonds. The van der Waals surface area contributed by atoms with Gasteiger partial charge < -0.3 is 5.32 Å². The van der Waals surface area contributed by atoms with Crippen LogP contribution in [0.1, 0.15) is 28.8 Å². The molecule has 6 heteroatoms. The molecule has 1 aromatic carbocycles. The van der Waals surface area contributed by atoms with Crippen molar-refractivity contribution in [3.63, 3.8) is 0 Å². The molecule has 0 aromatic heterocycles. The minimum atomic E-state index is -4.47. The summed E-state index contributed by atoms with van der Waals surface area (Å²) in [7, 11) is 0. The standard InChI is InChI=1S/C12H11BrF3NO/c13-10-8(11(18)17-6-7-4-5-7)2-1-3-9(10)12(14,15)16/h1-3,7H,4-6H2,(H,17,18). The Morgan fingerprint density at radius 3 is 2.61 bits per heavy atom. The summed E-state index contributed by atoms with van der Waals surface area (Å²) in [4.78, 5) is 11.8. The first-order valence-corrected chi connectivity index (χ1v) is 6.33. The van der Waals surface area contributed by atoms with Gasteiger partial charge in [0.15, 0.2) is 0 Å². The van der Waals surface area contributed by atoms with E-state index >= 15 is 0 Å². The van der Waals surface area contributed by atoms with Crippen molar-refractivity contribution in [1.82, 2.24) is 5.32 Å². The topological polar surface area (TPSA) is 29.1 Å². The molecule has 0 bridgehead atoms. The van der Waals surface area contributed by atoms with E-state index in [-0.39, 0.29) is 10.0 Å². The Balaban J connectivity index is 2.19. The van der Waals surface area contributed by atoms with Crippen molar-refractivity contribution in [2.45, 2.75) is 19.0 Å². The van der Waals surface area contributed by atoms with Gasteiger partial charge in [0.25, 0.3) is 5.91 Å². The predicted octanol–water partition coefficient (Wildman–Crippen LogP) is 3.61. The number of hydrogen-bond donors (Lipinski definition) is 1. The summed E-state index contributed by atoms with van der Waals surface area (Å²) in [6.07, 6.45) is -2.32. The summed E-state index contributed by atoms with van der Waals surface area (Å²) in [5.74, 6) is 0.0124. The van der Waals surface area contributed by atoms with Crippen molar-refractivity contribution < 1.29 is 18.0 Å². The van der Waals surface area contributed by atoms with Crippen LogP contribution in [-0.4, -0.2) is 12.5 Å². The Bertz CT molecular complexity index is 469. The van der Waals surface area contributed by atoms with Crippen LogP contribution in [0.5, 0.6) is 0 Å². The van der Waals surface area contributed by atoms with Crippen molar-refractivity contribution in [3.8, 4) is 0 Å². The van der Waals surface area contributed by atoms with Crippen molar-refractivity contribution in [1.29, 1.82) is 0 Å². The van der Waals surface area contributed by atoms with E-state index in [1.54, 1.807) is 0 Å². The molecular formula is C12H11BrF3NO. The van der Waals surface area contributed by atoms with E-state index in [1.165, 1.54) is 12.1 Å². The number of nitrogens with one attached hydrogen (secondary N) is 1. The van der Waals surface area contributed by atoms with E-state index in [0.717, 1.165) is 18.9 Å². The summed E-state index contributed by atoms with van der Waals surface area (Å²) >= 11 is 2.86. The summed E-state index contributed by atoms with van der Waals surface area (Å²) < 4.78 is 37.8. The van der Waals surface area contributed by atoms with Crippen molar-refractivity contribution >= 4 is 21.8 Å². The smallest absolute Gasteiger partial charge is 0.352 e. The van der Waals surface area contributed by atoms with Gasteiger partial charge in [0, 0.05) is 11.0 Å². The largest absolute Gasteiger partial charge is 0.417 e. The summed E-state index contributed by atoms with van der Waals surface area (Å²) in [5, 5.41) is 2.64. The molecule has 1 saturated carbocycles. The van der Waals surface area contributed by atoms with Gasteiger partial charge in [0.05, 0.1) is 11.1 Å². The van der Waals surface area contributed by atoms with Crippen LogP contribution < -0.4 is 5.32 Å². The van der Waals surface area contributed by atoms with Gasteiger partial charge in [-0.25, -0.2) is 0 Å². The van der Waals surface area contributed by atoms with E-state index in [9.17, 15) is 18.0 Å². The molecule has 1 fully saturated rings. The maximum Gasteiger partial charge on any atom is 0.417 e. The lowest BCUT2D eigenvalue weighted by molar-refractivity contribution is -0.138. The highest BCUT2D eigenvalue weighted by Gasteiger charge is 2.34. The minimum Gasteiger partial charge on any atom is -0.352 e. The van der Waals surface area contributed by atoms with Gasteiger partial charge in [0.1, 0.15) is 0 Å². The molecular weight excluding hydrogens is 311 g/mol. The first-order chi connectivity index (χ1) is 8.39. The Kier molecular flexibility index (Phi) is 3.66. The normalized spacial score (nSPS) is 15.6. The molecule has 2 nitrogen and oxygen atoms in total. The quantitative estimate of drug-likeness (QED) is 0.905. The highest BCUT2D eigenvalue weighted by atomic mass is 79.9. The van der Waals surface area contributed by atoms with E-state index in [4.69, 9.17) is 0 Å². The van der Waals surface area contributed by atoms with Gasteiger partial charge >= 0.3 is 6.18 Å². The molecule has 0 heterocycles. The number of benzene rings is 1. The molecule has 1 aliphatic rings. The first-order valence-electron chi connectivity index (χ1n) is 5.53. The molecule has 1 N–H and O–H groups in total. The van der Waals surface area contributed by atoms with Crippen molar-refractivity contribution in [2.75, 3.05) is 6.54 Å². The zero-order chi connectivity index (χ0) is 13.3. The second kappa shape index (κ2) is 4.91. The molecule has 0 unspecified atom stereocenters. The average Bonchev–Trinajstić information content (AvgIpc) is 3.08. The molecule has 0 spiro atoms. The SMILES string of the molecule is O=C(NCC1CC1)c1cccc(C(F)(F)F)c1Br. The van der Waals surface area contributed by atoms with Crippen LogP contribution in [0, 0.1) is 5.92 Å². The van der Waals surface area contributed by atoms with Gasteiger partial charge in [-0.1, -0.05) is 6.07 Å². The van der Waals surface area contributed by atoms with Gasteiger partial charge in [-0.15, -0.1) is 0 Å². The second-order valence-corrected chi connectivity index (χ2v) is 5.11.